The maximum absolute atomic E-state index is 12.6. The summed E-state index contributed by atoms with van der Waals surface area (Å²) in [6.45, 7) is 0.894. The fourth-order valence-corrected chi connectivity index (χ4v) is 3.90. The number of benzene rings is 2. The Labute approximate surface area is 198 Å². The van der Waals surface area contributed by atoms with Crippen LogP contribution in [-0.2, 0) is 19.1 Å². The number of hydrogen-bond acceptors (Lipinski definition) is 7. The van der Waals surface area contributed by atoms with Crippen molar-refractivity contribution in [3.05, 3.63) is 63.5 Å². The van der Waals surface area contributed by atoms with Crippen molar-refractivity contribution < 1.29 is 28.7 Å². The minimum Gasteiger partial charge on any atom is -0.465 e. The van der Waals surface area contributed by atoms with E-state index in [-0.39, 0.29) is 27.1 Å². The molecule has 0 radical (unpaired) electrons. The second kappa shape index (κ2) is 10.3. The van der Waals surface area contributed by atoms with E-state index in [1.165, 1.54) is 38.3 Å². The van der Waals surface area contributed by atoms with Crippen molar-refractivity contribution in [2.45, 2.75) is 6.92 Å². The average Bonchev–Trinajstić information content (AvgIpc) is 3.02. The predicted octanol–water partition coefficient (Wildman–Crippen LogP) is 3.76. The SMILES string of the molecule is COC(=O)c1cc(NC(=O)CN2C(=O)S/C(=C\c3ccc(NC(C)=O)cc3)C2=O)ccc1Cl. The molecule has 1 saturated heterocycles. The van der Waals surface area contributed by atoms with E-state index in [2.05, 4.69) is 15.4 Å². The smallest absolute Gasteiger partial charge is 0.339 e. The Kier molecular flexibility index (Phi) is 7.52. The second-order valence-electron chi connectivity index (χ2n) is 6.81. The van der Waals surface area contributed by atoms with Crippen LogP contribution < -0.4 is 10.6 Å². The molecule has 0 atom stereocenters. The molecule has 2 aromatic carbocycles. The van der Waals surface area contributed by atoms with Crippen LogP contribution in [0.4, 0.5) is 16.2 Å². The average molecular weight is 488 g/mol. The number of anilines is 2. The highest BCUT2D eigenvalue weighted by Crippen LogP contribution is 2.32. The number of halogens is 1. The largest absolute Gasteiger partial charge is 0.465 e. The molecule has 0 unspecified atom stereocenters. The molecule has 11 heteroatoms. The second-order valence-corrected chi connectivity index (χ2v) is 8.21. The molecule has 4 amide bonds. The Bertz CT molecular complexity index is 1180. The van der Waals surface area contributed by atoms with Gasteiger partial charge in [0.1, 0.15) is 6.54 Å². The lowest BCUT2D eigenvalue weighted by Crippen LogP contribution is -2.36. The summed E-state index contributed by atoms with van der Waals surface area (Å²) in [6, 6.07) is 10.9. The maximum atomic E-state index is 12.6. The number of carbonyl (C=O) groups excluding carboxylic acids is 5. The Morgan fingerprint density at radius 3 is 2.36 bits per heavy atom. The molecule has 2 N–H and O–H groups in total. The van der Waals surface area contributed by atoms with Crippen molar-refractivity contribution in [1.82, 2.24) is 4.90 Å². The van der Waals surface area contributed by atoms with Crippen LogP contribution in [-0.4, -0.2) is 47.5 Å². The van der Waals surface area contributed by atoms with Gasteiger partial charge in [-0.15, -0.1) is 0 Å². The van der Waals surface area contributed by atoms with Crippen LogP contribution in [0.1, 0.15) is 22.8 Å². The van der Waals surface area contributed by atoms with E-state index in [4.69, 9.17) is 11.6 Å². The highest BCUT2D eigenvalue weighted by Gasteiger charge is 2.36. The molecule has 0 spiro atoms. The molecule has 1 aliphatic rings. The molecule has 1 aliphatic heterocycles. The number of carbonyl (C=O) groups is 5. The lowest BCUT2D eigenvalue weighted by molar-refractivity contribution is -0.127. The lowest BCUT2D eigenvalue weighted by atomic mass is 10.2. The van der Waals surface area contributed by atoms with Crippen molar-refractivity contribution in [2.24, 2.45) is 0 Å². The summed E-state index contributed by atoms with van der Waals surface area (Å²) in [5.74, 6) is -2.10. The summed E-state index contributed by atoms with van der Waals surface area (Å²) in [7, 11) is 1.20. The number of thioether (sulfide) groups is 1. The number of methoxy groups -OCH3 is 1. The fourth-order valence-electron chi connectivity index (χ4n) is 2.87. The maximum Gasteiger partial charge on any atom is 0.339 e. The van der Waals surface area contributed by atoms with Gasteiger partial charge in [0.25, 0.3) is 11.1 Å². The van der Waals surface area contributed by atoms with Gasteiger partial charge in [0.15, 0.2) is 0 Å². The number of esters is 1. The first-order valence-electron chi connectivity index (χ1n) is 9.48. The Hall–Kier alpha value is -3.63. The topological polar surface area (TPSA) is 122 Å². The molecule has 1 heterocycles. The van der Waals surface area contributed by atoms with Gasteiger partial charge in [-0.05, 0) is 53.7 Å². The molecular formula is C22H18ClN3O6S. The van der Waals surface area contributed by atoms with Gasteiger partial charge in [0.05, 0.1) is 22.6 Å². The normalized spacial score (nSPS) is 14.4. The standard InChI is InChI=1S/C22H18ClN3O6S/c1-12(27)24-14-5-3-13(4-6-14)9-18-20(29)26(22(31)33-18)11-19(28)25-15-7-8-17(23)16(10-15)21(30)32-2/h3-10H,11H2,1-2H3,(H,24,27)(H,25,28)/b18-9-. The third-order valence-corrected chi connectivity index (χ3v) is 5.60. The molecular weight excluding hydrogens is 470 g/mol. The zero-order valence-corrected chi connectivity index (χ0v) is 19.1. The van der Waals surface area contributed by atoms with Crippen molar-refractivity contribution in [1.29, 1.82) is 0 Å². The van der Waals surface area contributed by atoms with Crippen molar-refractivity contribution in [3.63, 3.8) is 0 Å². The zero-order chi connectivity index (χ0) is 24.1. The lowest BCUT2D eigenvalue weighted by Gasteiger charge is -2.13. The summed E-state index contributed by atoms with van der Waals surface area (Å²) in [5, 5.41) is 4.74. The third kappa shape index (κ3) is 5.99. The van der Waals surface area contributed by atoms with Gasteiger partial charge < -0.3 is 15.4 Å². The molecule has 0 bridgehead atoms. The molecule has 33 heavy (non-hydrogen) atoms. The van der Waals surface area contributed by atoms with Gasteiger partial charge in [0.2, 0.25) is 11.8 Å². The number of imide groups is 1. The Balaban J connectivity index is 1.67. The van der Waals surface area contributed by atoms with Crippen molar-refractivity contribution >= 4 is 69.7 Å². The quantitative estimate of drug-likeness (QED) is 0.470. The van der Waals surface area contributed by atoms with E-state index in [0.717, 1.165) is 16.7 Å². The van der Waals surface area contributed by atoms with E-state index in [0.29, 0.717) is 11.3 Å². The van der Waals surface area contributed by atoms with Crippen LogP contribution in [0.5, 0.6) is 0 Å². The molecule has 2 aromatic rings. The summed E-state index contributed by atoms with van der Waals surface area (Å²) in [4.78, 5) is 61.2. The predicted molar refractivity (Wildman–Crippen MR) is 125 cm³/mol. The molecule has 9 nitrogen and oxygen atoms in total. The molecule has 0 saturated carbocycles. The highest BCUT2D eigenvalue weighted by atomic mass is 35.5. The van der Waals surface area contributed by atoms with E-state index in [1.807, 2.05) is 0 Å². The Morgan fingerprint density at radius 2 is 1.73 bits per heavy atom. The van der Waals surface area contributed by atoms with Gasteiger partial charge in [-0.3, -0.25) is 24.1 Å². The van der Waals surface area contributed by atoms with Gasteiger partial charge in [-0.25, -0.2) is 4.79 Å². The summed E-state index contributed by atoms with van der Waals surface area (Å²) in [6.07, 6.45) is 1.53. The summed E-state index contributed by atoms with van der Waals surface area (Å²) < 4.78 is 4.64. The fraction of sp³-hybridized carbons (Fsp3) is 0.136. The minimum atomic E-state index is -0.669. The highest BCUT2D eigenvalue weighted by molar-refractivity contribution is 8.18. The summed E-state index contributed by atoms with van der Waals surface area (Å²) >= 11 is 6.68. The van der Waals surface area contributed by atoms with E-state index in [1.54, 1.807) is 24.3 Å². The van der Waals surface area contributed by atoms with E-state index in [9.17, 15) is 24.0 Å². The number of nitrogens with zero attached hydrogens (tertiary/aromatic N) is 1. The van der Waals surface area contributed by atoms with Crippen LogP contribution in [0.25, 0.3) is 6.08 Å². The number of nitrogens with one attached hydrogen (secondary N) is 2. The number of rotatable bonds is 6. The van der Waals surface area contributed by atoms with Gasteiger partial charge in [0, 0.05) is 18.3 Å². The first-order chi connectivity index (χ1) is 15.7. The number of hydrogen-bond donors (Lipinski definition) is 2. The molecule has 1 fully saturated rings. The monoisotopic (exact) mass is 487 g/mol. The third-order valence-electron chi connectivity index (χ3n) is 4.36. The summed E-state index contributed by atoms with van der Waals surface area (Å²) in [5.41, 5.74) is 1.57. The first kappa shape index (κ1) is 24.0. The van der Waals surface area contributed by atoms with Crippen molar-refractivity contribution in [3.8, 4) is 0 Å². The number of amides is 4. The molecule has 170 valence electrons. The minimum absolute atomic E-state index is 0.0654. The number of ether oxygens (including phenoxy) is 1. The molecule has 0 aromatic heterocycles. The van der Waals surface area contributed by atoms with E-state index >= 15 is 0 Å². The van der Waals surface area contributed by atoms with Gasteiger partial charge in [-0.1, -0.05) is 23.7 Å². The van der Waals surface area contributed by atoms with Crippen LogP contribution >= 0.6 is 23.4 Å². The van der Waals surface area contributed by atoms with Crippen LogP contribution in [0.3, 0.4) is 0 Å². The Morgan fingerprint density at radius 1 is 1.06 bits per heavy atom. The van der Waals surface area contributed by atoms with Gasteiger partial charge >= 0.3 is 5.97 Å². The van der Waals surface area contributed by atoms with Crippen LogP contribution in [0.2, 0.25) is 5.02 Å². The molecule has 0 aliphatic carbocycles. The van der Waals surface area contributed by atoms with Crippen molar-refractivity contribution in [2.75, 3.05) is 24.3 Å². The van der Waals surface area contributed by atoms with Gasteiger partial charge in [-0.2, -0.15) is 0 Å². The molecule has 3 rings (SSSR count). The van der Waals surface area contributed by atoms with E-state index < -0.39 is 29.6 Å². The van der Waals surface area contributed by atoms with Crippen LogP contribution in [0, 0.1) is 0 Å². The zero-order valence-electron chi connectivity index (χ0n) is 17.5. The first-order valence-corrected chi connectivity index (χ1v) is 10.7. The van der Waals surface area contributed by atoms with Crippen LogP contribution in [0.15, 0.2) is 47.4 Å².